The summed E-state index contributed by atoms with van der Waals surface area (Å²) in [6, 6.07) is 0. The Hall–Kier alpha value is -1.61. The summed E-state index contributed by atoms with van der Waals surface area (Å²) in [5.74, 6) is -1.99. The van der Waals surface area contributed by atoms with Gasteiger partial charge in [0.2, 0.25) is 0 Å². The predicted octanol–water partition coefficient (Wildman–Crippen LogP) is 7.50. The summed E-state index contributed by atoms with van der Waals surface area (Å²) in [4.78, 5) is 25.3. The van der Waals surface area contributed by atoms with Crippen LogP contribution in [0.3, 0.4) is 0 Å². The lowest BCUT2D eigenvalue weighted by Crippen LogP contribution is -2.60. The van der Waals surface area contributed by atoms with Gasteiger partial charge in [0, 0.05) is 12.8 Å². The lowest BCUT2D eigenvalue weighted by molar-refractivity contribution is -0.297. The van der Waals surface area contributed by atoms with Crippen molar-refractivity contribution in [1.29, 1.82) is 0 Å². The summed E-state index contributed by atoms with van der Waals surface area (Å²) in [6.45, 7) is 3.71. The molecule has 0 aromatic rings. The van der Waals surface area contributed by atoms with E-state index >= 15 is 0 Å². The minimum atomic E-state index is -4.59. The molecule has 1 heterocycles. The fraction of sp³-hybridized carbons (Fsp3) is 0.900. The van der Waals surface area contributed by atoms with Gasteiger partial charge < -0.3 is 34.3 Å². The molecule has 0 aromatic carbocycles. The Morgan fingerprint density at radius 3 is 1.60 bits per heavy atom. The quantitative estimate of drug-likeness (QED) is 0.0219. The third kappa shape index (κ3) is 26.8. The molecule has 1 aliphatic rings. The molecule has 53 heavy (non-hydrogen) atoms. The SMILES string of the molecule is CCCCC/C=C\CCCCCCCC(=O)OC(COC(=O)CCCCCCCCCCCCCCC)COC1OC(CS(=O)(=O)O)C(O)C(O)C1O. The lowest BCUT2D eigenvalue weighted by Gasteiger charge is -2.40. The number of esters is 2. The van der Waals surface area contributed by atoms with E-state index in [0.717, 1.165) is 57.8 Å². The number of hydrogen-bond acceptors (Lipinski definition) is 11. The molecule has 6 unspecified atom stereocenters. The number of ether oxygens (including phenoxy) is 4. The van der Waals surface area contributed by atoms with Crippen molar-refractivity contribution in [3.8, 4) is 0 Å². The molecule has 0 amide bonds. The normalized spacial score (nSPS) is 21.2. The Morgan fingerprint density at radius 2 is 1.08 bits per heavy atom. The van der Waals surface area contributed by atoms with Crippen LogP contribution in [-0.4, -0.2) is 96.0 Å². The molecular weight excluding hydrogens is 704 g/mol. The Morgan fingerprint density at radius 1 is 0.623 bits per heavy atom. The van der Waals surface area contributed by atoms with Gasteiger partial charge in [-0.2, -0.15) is 8.42 Å². The van der Waals surface area contributed by atoms with Crippen molar-refractivity contribution in [1.82, 2.24) is 0 Å². The molecule has 0 aliphatic carbocycles. The number of aliphatic hydroxyl groups excluding tert-OH is 3. The molecule has 12 nitrogen and oxygen atoms in total. The van der Waals surface area contributed by atoms with Crippen LogP contribution in [0.5, 0.6) is 0 Å². The predicted molar refractivity (Wildman–Crippen MR) is 206 cm³/mol. The second-order valence-corrected chi connectivity index (χ2v) is 16.2. The van der Waals surface area contributed by atoms with Crippen LogP contribution in [0.4, 0.5) is 0 Å². The molecule has 312 valence electrons. The van der Waals surface area contributed by atoms with E-state index in [0.29, 0.717) is 12.8 Å². The molecule has 1 saturated heterocycles. The molecule has 0 aromatic heterocycles. The average Bonchev–Trinajstić information content (AvgIpc) is 3.12. The summed E-state index contributed by atoms with van der Waals surface area (Å²) in [5.41, 5.74) is 0. The molecule has 1 aliphatic heterocycles. The summed E-state index contributed by atoms with van der Waals surface area (Å²) in [6.07, 6.45) is 21.2. The van der Waals surface area contributed by atoms with Crippen LogP contribution >= 0.6 is 0 Å². The first-order valence-electron chi connectivity index (χ1n) is 20.7. The monoisotopic (exact) mass is 778 g/mol. The van der Waals surface area contributed by atoms with E-state index < -0.39 is 71.2 Å². The minimum Gasteiger partial charge on any atom is -0.462 e. The molecule has 1 rings (SSSR count). The number of carbonyl (C=O) groups excluding carboxylic acids is 2. The first-order valence-corrected chi connectivity index (χ1v) is 22.4. The Bertz CT molecular complexity index is 1050. The van der Waals surface area contributed by atoms with Crippen molar-refractivity contribution in [2.45, 2.75) is 211 Å². The molecule has 4 N–H and O–H groups in total. The second kappa shape index (κ2) is 31.6. The maximum atomic E-state index is 12.7. The van der Waals surface area contributed by atoms with Crippen LogP contribution in [0.25, 0.3) is 0 Å². The van der Waals surface area contributed by atoms with E-state index in [1.807, 2.05) is 0 Å². The van der Waals surface area contributed by atoms with Gasteiger partial charge in [-0.25, -0.2) is 0 Å². The van der Waals surface area contributed by atoms with Gasteiger partial charge in [0.05, 0.1) is 6.61 Å². The smallest absolute Gasteiger partial charge is 0.306 e. The summed E-state index contributed by atoms with van der Waals surface area (Å²) in [5, 5.41) is 30.8. The van der Waals surface area contributed by atoms with E-state index in [1.54, 1.807) is 0 Å². The maximum absolute atomic E-state index is 12.7. The van der Waals surface area contributed by atoms with Crippen LogP contribution in [0.2, 0.25) is 0 Å². The highest BCUT2D eigenvalue weighted by Gasteiger charge is 2.46. The highest BCUT2D eigenvalue weighted by molar-refractivity contribution is 7.85. The fourth-order valence-corrected chi connectivity index (χ4v) is 7.01. The second-order valence-electron chi connectivity index (χ2n) is 14.7. The summed E-state index contributed by atoms with van der Waals surface area (Å²) in [7, 11) is -4.59. The highest BCUT2D eigenvalue weighted by Crippen LogP contribution is 2.24. The van der Waals surface area contributed by atoms with Crippen molar-refractivity contribution in [3.05, 3.63) is 12.2 Å². The number of carbonyl (C=O) groups is 2. The van der Waals surface area contributed by atoms with E-state index in [4.69, 9.17) is 18.9 Å². The molecule has 0 spiro atoms. The van der Waals surface area contributed by atoms with E-state index in [9.17, 15) is 37.9 Å². The molecule has 0 saturated carbocycles. The van der Waals surface area contributed by atoms with Crippen molar-refractivity contribution >= 4 is 22.1 Å². The van der Waals surface area contributed by atoms with Gasteiger partial charge in [0.25, 0.3) is 10.1 Å². The van der Waals surface area contributed by atoms with Crippen LogP contribution in [0.1, 0.15) is 174 Å². The van der Waals surface area contributed by atoms with E-state index in [2.05, 4.69) is 26.0 Å². The van der Waals surface area contributed by atoms with Crippen LogP contribution in [0, 0.1) is 0 Å². The van der Waals surface area contributed by atoms with Gasteiger partial charge >= 0.3 is 11.9 Å². The molecular formula is C40H74O12S. The third-order valence-electron chi connectivity index (χ3n) is 9.60. The van der Waals surface area contributed by atoms with Crippen LogP contribution in [0.15, 0.2) is 12.2 Å². The molecule has 0 bridgehead atoms. The van der Waals surface area contributed by atoms with Gasteiger partial charge in [-0.1, -0.05) is 135 Å². The molecule has 1 fully saturated rings. The van der Waals surface area contributed by atoms with Crippen molar-refractivity contribution in [2.75, 3.05) is 19.0 Å². The van der Waals surface area contributed by atoms with Crippen LogP contribution in [-0.2, 0) is 38.7 Å². The zero-order chi connectivity index (χ0) is 39.2. The highest BCUT2D eigenvalue weighted by atomic mass is 32.2. The van der Waals surface area contributed by atoms with Crippen molar-refractivity contribution < 1.29 is 56.8 Å². The number of rotatable bonds is 34. The van der Waals surface area contributed by atoms with Crippen molar-refractivity contribution in [2.24, 2.45) is 0 Å². The van der Waals surface area contributed by atoms with Crippen molar-refractivity contribution in [3.63, 3.8) is 0 Å². The van der Waals surface area contributed by atoms with Gasteiger partial charge in [0.1, 0.15) is 36.8 Å². The topological polar surface area (TPSA) is 186 Å². The van der Waals surface area contributed by atoms with Gasteiger partial charge in [-0.05, 0) is 38.5 Å². The fourth-order valence-electron chi connectivity index (χ4n) is 6.32. The van der Waals surface area contributed by atoms with Gasteiger partial charge in [0.15, 0.2) is 12.4 Å². The number of aliphatic hydroxyl groups is 3. The number of unbranched alkanes of at least 4 members (excludes halogenated alkanes) is 20. The Labute approximate surface area is 320 Å². The first kappa shape index (κ1) is 49.4. The van der Waals surface area contributed by atoms with Gasteiger partial charge in [-0.15, -0.1) is 0 Å². The molecule has 13 heteroatoms. The van der Waals surface area contributed by atoms with E-state index in [1.165, 1.54) is 77.0 Å². The Kier molecular flexibility index (Phi) is 29.4. The zero-order valence-corrected chi connectivity index (χ0v) is 33.7. The zero-order valence-electron chi connectivity index (χ0n) is 32.9. The average molecular weight is 779 g/mol. The number of hydrogen-bond donors (Lipinski definition) is 4. The molecule has 6 atom stereocenters. The lowest BCUT2D eigenvalue weighted by atomic mass is 10.00. The number of allylic oxidation sites excluding steroid dienone is 2. The van der Waals surface area contributed by atoms with Gasteiger partial charge in [-0.3, -0.25) is 14.1 Å². The largest absolute Gasteiger partial charge is 0.462 e. The summed E-state index contributed by atoms with van der Waals surface area (Å²) < 4.78 is 53.9. The van der Waals surface area contributed by atoms with Crippen LogP contribution < -0.4 is 0 Å². The minimum absolute atomic E-state index is 0.157. The molecule has 0 radical (unpaired) electrons. The van der Waals surface area contributed by atoms with E-state index in [-0.39, 0.29) is 19.4 Å². The standard InChI is InChI=1S/C40H74O12S/c1-3-5-7-9-11-13-15-17-19-20-22-24-26-28-35(41)49-30-33(31-50-40-39(45)38(44)37(43)34(52-40)32-53(46,47)48)51-36(42)29-27-25-23-21-18-16-14-12-10-8-6-4-2/h12,14,33-34,37-40,43-45H,3-11,13,15-32H2,1-2H3,(H,46,47,48)/b14-12-. The maximum Gasteiger partial charge on any atom is 0.306 e. The third-order valence-corrected chi connectivity index (χ3v) is 10.3. The Balaban J connectivity index is 2.49. The first-order chi connectivity index (χ1) is 25.5. The summed E-state index contributed by atoms with van der Waals surface area (Å²) >= 11 is 0.